The zero-order chi connectivity index (χ0) is 26.2. The molecule has 0 aliphatic carbocycles. The summed E-state index contributed by atoms with van der Waals surface area (Å²) >= 11 is 0.856. The Kier molecular flexibility index (Phi) is 6.09. The fourth-order valence-electron chi connectivity index (χ4n) is 4.40. The summed E-state index contributed by atoms with van der Waals surface area (Å²) in [6.07, 6.45) is 3.46. The van der Waals surface area contributed by atoms with Crippen LogP contribution in [0.2, 0.25) is 0 Å². The SMILES string of the molecule is O=C(Cn1cc(/C=C2/SC(=O)N(Cc3ccc(F)cc3)C2=O)c2ccccc21)Nc1ccc2c(c1)OCO2. The summed E-state index contributed by atoms with van der Waals surface area (Å²) in [7, 11) is 0. The number of carbonyl (C=O) groups is 3. The van der Waals surface area contributed by atoms with Gasteiger partial charge in [0.1, 0.15) is 12.4 Å². The number of carbonyl (C=O) groups excluding carboxylic acids is 3. The molecule has 0 spiro atoms. The Bertz CT molecular complexity index is 1630. The molecule has 1 aromatic heterocycles. The first-order valence-corrected chi connectivity index (χ1v) is 12.5. The number of nitrogens with zero attached hydrogens (tertiary/aromatic N) is 2. The summed E-state index contributed by atoms with van der Waals surface area (Å²) in [6.45, 7) is 0.246. The van der Waals surface area contributed by atoms with Crippen LogP contribution in [-0.2, 0) is 22.7 Å². The summed E-state index contributed by atoms with van der Waals surface area (Å²) in [5.41, 5.74) is 2.76. The fraction of sp³-hybridized carbons (Fsp3) is 0.107. The van der Waals surface area contributed by atoms with Gasteiger partial charge in [-0.05, 0) is 53.7 Å². The third kappa shape index (κ3) is 4.61. The van der Waals surface area contributed by atoms with Crippen LogP contribution in [0.1, 0.15) is 11.1 Å². The number of amides is 3. The zero-order valence-electron chi connectivity index (χ0n) is 19.8. The first-order chi connectivity index (χ1) is 18.4. The standard InChI is InChI=1S/C28H20FN3O5S/c29-19-7-5-17(6-8-19)13-32-27(34)25(38-28(32)35)11-18-14-31(22-4-2-1-3-21(18)22)15-26(33)30-20-9-10-23-24(12-20)37-16-36-23/h1-12,14H,13,15-16H2,(H,30,33)/b25-11+. The van der Waals surface area contributed by atoms with Gasteiger partial charge in [0.05, 0.1) is 11.4 Å². The van der Waals surface area contributed by atoms with Gasteiger partial charge in [0, 0.05) is 34.4 Å². The minimum absolute atomic E-state index is 0.0365. The largest absolute Gasteiger partial charge is 0.454 e. The minimum atomic E-state index is -0.415. The Morgan fingerprint density at radius 1 is 1.03 bits per heavy atom. The molecule has 4 aromatic rings. The maximum absolute atomic E-state index is 13.2. The molecule has 38 heavy (non-hydrogen) atoms. The second kappa shape index (κ2) is 9.71. The maximum atomic E-state index is 13.2. The van der Waals surface area contributed by atoms with Gasteiger partial charge in [-0.1, -0.05) is 30.3 Å². The lowest BCUT2D eigenvalue weighted by atomic mass is 10.1. The molecule has 3 heterocycles. The highest BCUT2D eigenvalue weighted by Crippen LogP contribution is 2.36. The van der Waals surface area contributed by atoms with Crippen molar-refractivity contribution in [2.45, 2.75) is 13.1 Å². The van der Waals surface area contributed by atoms with E-state index >= 15 is 0 Å². The van der Waals surface area contributed by atoms with Crippen molar-refractivity contribution in [3.05, 3.63) is 94.8 Å². The number of halogens is 1. The van der Waals surface area contributed by atoms with Crippen LogP contribution in [0, 0.1) is 5.82 Å². The molecule has 10 heteroatoms. The molecule has 0 saturated carbocycles. The van der Waals surface area contributed by atoms with E-state index in [2.05, 4.69) is 5.32 Å². The lowest BCUT2D eigenvalue weighted by Gasteiger charge is -2.12. The van der Waals surface area contributed by atoms with Gasteiger partial charge in [0.25, 0.3) is 11.1 Å². The van der Waals surface area contributed by atoms with Crippen molar-refractivity contribution in [3.63, 3.8) is 0 Å². The number of fused-ring (bicyclic) bond motifs is 2. The van der Waals surface area contributed by atoms with E-state index in [-0.39, 0.29) is 36.5 Å². The smallest absolute Gasteiger partial charge is 0.293 e. The van der Waals surface area contributed by atoms with Crippen molar-refractivity contribution in [2.75, 3.05) is 12.1 Å². The number of para-hydroxylation sites is 1. The van der Waals surface area contributed by atoms with Crippen molar-refractivity contribution in [2.24, 2.45) is 0 Å². The molecular weight excluding hydrogens is 509 g/mol. The van der Waals surface area contributed by atoms with Crippen molar-refractivity contribution in [1.29, 1.82) is 0 Å². The maximum Gasteiger partial charge on any atom is 0.293 e. The van der Waals surface area contributed by atoms with E-state index in [0.29, 0.717) is 28.3 Å². The molecule has 1 N–H and O–H groups in total. The number of hydrogen-bond donors (Lipinski definition) is 1. The van der Waals surface area contributed by atoms with Gasteiger partial charge in [-0.15, -0.1) is 0 Å². The number of thioether (sulfide) groups is 1. The van der Waals surface area contributed by atoms with E-state index < -0.39 is 11.1 Å². The lowest BCUT2D eigenvalue weighted by Crippen LogP contribution is -2.27. The lowest BCUT2D eigenvalue weighted by molar-refractivity contribution is -0.123. The second-order valence-corrected chi connectivity index (χ2v) is 9.73. The highest BCUT2D eigenvalue weighted by atomic mass is 32.2. The normalized spacial score (nSPS) is 15.6. The van der Waals surface area contributed by atoms with E-state index in [1.54, 1.807) is 47.2 Å². The molecule has 3 amide bonds. The third-order valence-electron chi connectivity index (χ3n) is 6.20. The van der Waals surface area contributed by atoms with Crippen molar-refractivity contribution in [1.82, 2.24) is 9.47 Å². The number of benzene rings is 3. The second-order valence-electron chi connectivity index (χ2n) is 8.74. The summed E-state index contributed by atoms with van der Waals surface area (Å²) in [4.78, 5) is 39.9. The highest BCUT2D eigenvalue weighted by Gasteiger charge is 2.35. The molecule has 3 aromatic carbocycles. The summed E-state index contributed by atoms with van der Waals surface area (Å²) < 4.78 is 25.7. The molecule has 6 rings (SSSR count). The molecule has 2 aliphatic rings. The topological polar surface area (TPSA) is 89.9 Å². The van der Waals surface area contributed by atoms with Gasteiger partial charge in [-0.2, -0.15) is 0 Å². The number of rotatable bonds is 6. The molecule has 0 bridgehead atoms. The molecule has 2 aliphatic heterocycles. The number of anilines is 1. The van der Waals surface area contributed by atoms with Crippen molar-refractivity contribution in [3.8, 4) is 11.5 Å². The molecule has 1 saturated heterocycles. The fourth-order valence-corrected chi connectivity index (χ4v) is 5.23. The predicted molar refractivity (Wildman–Crippen MR) is 141 cm³/mol. The van der Waals surface area contributed by atoms with Gasteiger partial charge in [-0.25, -0.2) is 4.39 Å². The van der Waals surface area contributed by atoms with Crippen LogP contribution in [0.3, 0.4) is 0 Å². The molecule has 0 atom stereocenters. The first-order valence-electron chi connectivity index (χ1n) is 11.7. The molecule has 0 unspecified atom stereocenters. The molecule has 0 radical (unpaired) electrons. The first kappa shape index (κ1) is 23.8. The van der Waals surface area contributed by atoms with Crippen LogP contribution >= 0.6 is 11.8 Å². The van der Waals surface area contributed by atoms with Crippen LogP contribution < -0.4 is 14.8 Å². The summed E-state index contributed by atoms with van der Waals surface area (Å²) in [5.74, 6) is 0.164. The predicted octanol–water partition coefficient (Wildman–Crippen LogP) is 5.38. The van der Waals surface area contributed by atoms with Crippen LogP contribution in [0.5, 0.6) is 11.5 Å². The Labute approximate surface area is 220 Å². The van der Waals surface area contributed by atoms with Gasteiger partial charge >= 0.3 is 0 Å². The van der Waals surface area contributed by atoms with Gasteiger partial charge in [-0.3, -0.25) is 19.3 Å². The average Bonchev–Trinajstić information content (AvgIpc) is 3.58. The number of aromatic nitrogens is 1. The number of ether oxygens (including phenoxy) is 2. The molecule has 1 fully saturated rings. The molecule has 8 nitrogen and oxygen atoms in total. The van der Waals surface area contributed by atoms with Crippen molar-refractivity contribution >= 4 is 51.5 Å². The summed E-state index contributed by atoms with van der Waals surface area (Å²) in [6, 6.07) is 18.4. The van der Waals surface area contributed by atoms with Crippen LogP contribution in [0.25, 0.3) is 17.0 Å². The minimum Gasteiger partial charge on any atom is -0.454 e. The van der Waals surface area contributed by atoms with Gasteiger partial charge in [0.2, 0.25) is 12.7 Å². The Hall–Kier alpha value is -4.57. The third-order valence-corrected chi connectivity index (χ3v) is 7.11. The molecule has 190 valence electrons. The zero-order valence-corrected chi connectivity index (χ0v) is 20.7. The van der Waals surface area contributed by atoms with Gasteiger partial charge < -0.3 is 19.4 Å². The van der Waals surface area contributed by atoms with Crippen LogP contribution in [0.4, 0.5) is 14.9 Å². The Balaban J connectivity index is 1.22. The quantitative estimate of drug-likeness (QED) is 0.337. The van der Waals surface area contributed by atoms with E-state index in [1.165, 1.54) is 12.1 Å². The summed E-state index contributed by atoms with van der Waals surface area (Å²) in [5, 5.41) is 3.32. The number of nitrogens with one attached hydrogen (secondary N) is 1. The van der Waals surface area contributed by atoms with E-state index in [1.807, 2.05) is 24.3 Å². The van der Waals surface area contributed by atoms with E-state index in [0.717, 1.165) is 27.6 Å². The Morgan fingerprint density at radius 3 is 2.66 bits per heavy atom. The van der Waals surface area contributed by atoms with Crippen LogP contribution in [0.15, 0.2) is 77.8 Å². The van der Waals surface area contributed by atoms with Crippen LogP contribution in [-0.4, -0.2) is 33.3 Å². The van der Waals surface area contributed by atoms with E-state index in [9.17, 15) is 18.8 Å². The monoisotopic (exact) mass is 529 g/mol. The highest BCUT2D eigenvalue weighted by molar-refractivity contribution is 8.18. The van der Waals surface area contributed by atoms with Gasteiger partial charge in [0.15, 0.2) is 11.5 Å². The average molecular weight is 530 g/mol. The number of hydrogen-bond acceptors (Lipinski definition) is 6. The van der Waals surface area contributed by atoms with Crippen molar-refractivity contribution < 1.29 is 28.2 Å². The Morgan fingerprint density at radius 2 is 1.82 bits per heavy atom. The van der Waals surface area contributed by atoms with E-state index in [4.69, 9.17) is 9.47 Å². The molecular formula is C28H20FN3O5S. The number of imide groups is 1.